The van der Waals surface area contributed by atoms with E-state index in [0.717, 1.165) is 18.3 Å². The molecule has 1 atom stereocenters. The molecule has 1 rings (SSSR count). The van der Waals surface area contributed by atoms with Gasteiger partial charge in [0.25, 0.3) is 0 Å². The fourth-order valence-corrected chi connectivity index (χ4v) is 2.21. The van der Waals surface area contributed by atoms with E-state index in [9.17, 15) is 0 Å². The van der Waals surface area contributed by atoms with Crippen molar-refractivity contribution in [2.75, 3.05) is 48.5 Å². The van der Waals surface area contributed by atoms with E-state index in [2.05, 4.69) is 46.8 Å². The molecule has 0 radical (unpaired) electrons. The zero-order valence-electron chi connectivity index (χ0n) is 16.4. The summed E-state index contributed by atoms with van der Waals surface area (Å²) >= 11 is 0. The van der Waals surface area contributed by atoms with Gasteiger partial charge < -0.3 is 25.0 Å². The second-order valence-electron chi connectivity index (χ2n) is 6.52. The van der Waals surface area contributed by atoms with E-state index >= 15 is 0 Å². The molecule has 25 heavy (non-hydrogen) atoms. The molecule has 1 unspecified atom stereocenters. The molecule has 0 heterocycles. The Balaban J connectivity index is 0.00000576. The van der Waals surface area contributed by atoms with E-state index in [0.29, 0.717) is 6.54 Å². The number of guanidine groups is 1. The summed E-state index contributed by atoms with van der Waals surface area (Å²) in [6, 6.07) is 8.38. The van der Waals surface area contributed by atoms with Crippen molar-refractivity contribution in [3.63, 3.8) is 0 Å². The summed E-state index contributed by atoms with van der Waals surface area (Å²) in [5, 5.41) is 6.69. The van der Waals surface area contributed by atoms with Crippen LogP contribution in [-0.2, 0) is 4.74 Å². The average Bonchev–Trinajstić information content (AvgIpc) is 2.58. The number of methoxy groups -OCH3 is 2. The lowest BCUT2D eigenvalue weighted by atomic mass is 10.1. The Hall–Kier alpha value is -1.06. The van der Waals surface area contributed by atoms with Gasteiger partial charge in [-0.3, -0.25) is 4.99 Å². The normalized spacial score (nSPS) is 13.2. The summed E-state index contributed by atoms with van der Waals surface area (Å²) in [6.45, 7) is 5.49. The van der Waals surface area contributed by atoms with E-state index < -0.39 is 0 Å². The molecule has 1 aromatic rings. The SMILES string of the molecule is CN=C(NCC(c1ccc(OC)cc1)N(C)C)NCC(C)(C)OC.I. The number of benzene rings is 1. The molecule has 2 N–H and O–H groups in total. The summed E-state index contributed by atoms with van der Waals surface area (Å²) in [4.78, 5) is 6.46. The third kappa shape index (κ3) is 8.24. The molecule has 0 aromatic heterocycles. The van der Waals surface area contributed by atoms with Crippen LogP contribution in [0.5, 0.6) is 5.75 Å². The molecule has 6 nitrogen and oxygen atoms in total. The molecule has 144 valence electrons. The van der Waals surface area contributed by atoms with Gasteiger partial charge in [-0.05, 0) is 45.6 Å². The van der Waals surface area contributed by atoms with Gasteiger partial charge >= 0.3 is 0 Å². The summed E-state index contributed by atoms with van der Waals surface area (Å²) in [7, 11) is 9.30. The first kappa shape index (κ1) is 23.9. The van der Waals surface area contributed by atoms with Gasteiger partial charge in [-0.1, -0.05) is 12.1 Å². The Morgan fingerprint density at radius 1 is 1.16 bits per heavy atom. The molecule has 0 bridgehead atoms. The Labute approximate surface area is 169 Å². The van der Waals surface area contributed by atoms with Crippen LogP contribution >= 0.6 is 24.0 Å². The minimum atomic E-state index is -0.242. The predicted octanol–water partition coefficient (Wildman–Crippen LogP) is 2.51. The number of ether oxygens (including phenoxy) is 2. The van der Waals surface area contributed by atoms with Crippen LogP contribution in [0.1, 0.15) is 25.5 Å². The Morgan fingerprint density at radius 2 is 1.76 bits per heavy atom. The van der Waals surface area contributed by atoms with Crippen molar-refractivity contribution < 1.29 is 9.47 Å². The third-order valence-corrected chi connectivity index (χ3v) is 4.04. The summed E-state index contributed by atoms with van der Waals surface area (Å²) in [5.74, 6) is 1.63. The maximum atomic E-state index is 5.42. The maximum absolute atomic E-state index is 5.42. The number of nitrogens with one attached hydrogen (secondary N) is 2. The number of hydrogen-bond acceptors (Lipinski definition) is 4. The van der Waals surface area contributed by atoms with Crippen LogP contribution in [0.2, 0.25) is 0 Å². The van der Waals surface area contributed by atoms with Crippen molar-refractivity contribution in [1.82, 2.24) is 15.5 Å². The topological polar surface area (TPSA) is 58.1 Å². The summed E-state index contributed by atoms with van der Waals surface area (Å²) in [6.07, 6.45) is 0. The van der Waals surface area contributed by atoms with Crippen LogP contribution in [-0.4, -0.2) is 64.9 Å². The van der Waals surface area contributed by atoms with Gasteiger partial charge in [0.2, 0.25) is 0 Å². The van der Waals surface area contributed by atoms with E-state index in [4.69, 9.17) is 9.47 Å². The Bertz CT molecular complexity index is 518. The third-order valence-electron chi connectivity index (χ3n) is 4.04. The zero-order valence-corrected chi connectivity index (χ0v) is 18.8. The number of likely N-dealkylation sites (N-methyl/N-ethyl adjacent to an activating group) is 1. The van der Waals surface area contributed by atoms with Gasteiger partial charge in [0.05, 0.1) is 18.8 Å². The van der Waals surface area contributed by atoms with Gasteiger partial charge in [0.1, 0.15) is 5.75 Å². The largest absolute Gasteiger partial charge is 0.497 e. The number of hydrogen-bond donors (Lipinski definition) is 2. The molecular weight excluding hydrogens is 431 g/mol. The van der Waals surface area contributed by atoms with Gasteiger partial charge in [0.15, 0.2) is 5.96 Å². The lowest BCUT2D eigenvalue weighted by molar-refractivity contribution is 0.0268. The van der Waals surface area contributed by atoms with Gasteiger partial charge in [-0.25, -0.2) is 0 Å². The molecule has 1 aromatic carbocycles. The number of aliphatic imine (C=N–C) groups is 1. The van der Waals surface area contributed by atoms with Gasteiger partial charge in [-0.15, -0.1) is 24.0 Å². The van der Waals surface area contributed by atoms with Crippen LogP contribution in [0.3, 0.4) is 0 Å². The summed E-state index contributed by atoms with van der Waals surface area (Å²) in [5.41, 5.74) is 0.982. The highest BCUT2D eigenvalue weighted by atomic mass is 127. The molecule has 7 heteroatoms. The van der Waals surface area contributed by atoms with E-state index in [1.165, 1.54) is 5.56 Å². The molecule has 0 spiro atoms. The molecule has 0 saturated heterocycles. The molecule has 0 aliphatic carbocycles. The first-order valence-electron chi connectivity index (χ1n) is 8.13. The van der Waals surface area contributed by atoms with Crippen LogP contribution in [0.4, 0.5) is 0 Å². The first-order valence-corrected chi connectivity index (χ1v) is 8.13. The van der Waals surface area contributed by atoms with Crippen molar-refractivity contribution in [3.05, 3.63) is 29.8 Å². The second kappa shape index (κ2) is 11.5. The van der Waals surface area contributed by atoms with Gasteiger partial charge in [-0.2, -0.15) is 0 Å². The molecule has 0 fully saturated rings. The number of nitrogens with zero attached hydrogens (tertiary/aromatic N) is 2. The standard InChI is InChI=1S/C18H32N4O2.HI/c1-18(2,24-7)13-21-17(19-3)20-12-16(22(4)5)14-8-10-15(23-6)11-9-14;/h8-11,16H,12-13H2,1-7H3,(H2,19,20,21);1H. The summed E-state index contributed by atoms with van der Waals surface area (Å²) < 4.78 is 10.7. The quantitative estimate of drug-likeness (QED) is 0.352. The van der Waals surface area contributed by atoms with E-state index in [1.54, 1.807) is 21.3 Å². The number of halogens is 1. The van der Waals surface area contributed by atoms with E-state index in [-0.39, 0.29) is 35.6 Å². The molecule has 0 aliphatic heterocycles. The first-order chi connectivity index (χ1) is 11.3. The highest BCUT2D eigenvalue weighted by Crippen LogP contribution is 2.20. The van der Waals surface area contributed by atoms with Crippen LogP contribution in [0, 0.1) is 0 Å². The fraction of sp³-hybridized carbons (Fsp3) is 0.611. The highest BCUT2D eigenvalue weighted by Gasteiger charge is 2.18. The maximum Gasteiger partial charge on any atom is 0.191 e. The fourth-order valence-electron chi connectivity index (χ4n) is 2.21. The predicted molar refractivity (Wildman–Crippen MR) is 115 cm³/mol. The van der Waals surface area contributed by atoms with Crippen LogP contribution in [0.15, 0.2) is 29.3 Å². The highest BCUT2D eigenvalue weighted by molar-refractivity contribution is 14.0. The molecule has 0 aliphatic rings. The average molecular weight is 464 g/mol. The van der Waals surface area contributed by atoms with Crippen molar-refractivity contribution in [2.45, 2.75) is 25.5 Å². The second-order valence-corrected chi connectivity index (χ2v) is 6.52. The minimum absolute atomic E-state index is 0. The van der Waals surface area contributed by atoms with Crippen molar-refractivity contribution in [2.24, 2.45) is 4.99 Å². The Morgan fingerprint density at radius 3 is 2.20 bits per heavy atom. The van der Waals surface area contributed by atoms with Crippen molar-refractivity contribution in [3.8, 4) is 5.75 Å². The lowest BCUT2D eigenvalue weighted by Gasteiger charge is -2.28. The lowest BCUT2D eigenvalue weighted by Crippen LogP contribution is -2.47. The smallest absolute Gasteiger partial charge is 0.191 e. The van der Waals surface area contributed by atoms with E-state index in [1.807, 2.05) is 26.0 Å². The number of rotatable bonds is 8. The van der Waals surface area contributed by atoms with Crippen LogP contribution in [0.25, 0.3) is 0 Å². The Kier molecular flexibility index (Phi) is 11.0. The zero-order chi connectivity index (χ0) is 18.2. The van der Waals surface area contributed by atoms with Crippen LogP contribution < -0.4 is 15.4 Å². The van der Waals surface area contributed by atoms with Gasteiger partial charge in [0, 0.05) is 27.2 Å². The van der Waals surface area contributed by atoms with Crippen molar-refractivity contribution >= 4 is 29.9 Å². The minimum Gasteiger partial charge on any atom is -0.497 e. The van der Waals surface area contributed by atoms with Crippen molar-refractivity contribution in [1.29, 1.82) is 0 Å². The monoisotopic (exact) mass is 464 g/mol. The molecular formula is C18H33IN4O2. The molecule has 0 saturated carbocycles. The molecule has 0 amide bonds.